The molecular weight excluding hydrogens is 839 g/mol. The third kappa shape index (κ3) is 12.1. The number of aliphatic carboxylic acids is 1. The van der Waals surface area contributed by atoms with Gasteiger partial charge in [-0.15, -0.1) is 0 Å². The van der Waals surface area contributed by atoms with E-state index in [9.17, 15) is 25.5 Å². The first-order valence-corrected chi connectivity index (χ1v) is 21.1. The Balaban J connectivity index is 1.18. The molecule has 0 saturated carbocycles. The van der Waals surface area contributed by atoms with Crippen molar-refractivity contribution in [1.29, 1.82) is 10.5 Å². The zero-order chi connectivity index (χ0) is 44.9. The van der Waals surface area contributed by atoms with Crippen LogP contribution in [0.1, 0.15) is 75.4 Å². The van der Waals surface area contributed by atoms with Crippen LogP contribution in [0.4, 0.5) is 0 Å². The molecule has 6 rings (SSSR count). The average Bonchev–Trinajstić information content (AvgIpc) is 3.29. The first-order chi connectivity index (χ1) is 30.5. The summed E-state index contributed by atoms with van der Waals surface area (Å²) in [6.07, 6.45) is 7.62. The molecule has 0 radical (unpaired) electrons. The highest BCUT2D eigenvalue weighted by Crippen LogP contribution is 2.38. The van der Waals surface area contributed by atoms with Gasteiger partial charge in [0.2, 0.25) is 0 Å². The number of carbonyl (C=O) groups is 1. The summed E-state index contributed by atoms with van der Waals surface area (Å²) >= 11 is 13.5. The lowest BCUT2D eigenvalue weighted by Gasteiger charge is -2.19. The molecule has 6 aromatic rings. The zero-order valence-corrected chi connectivity index (χ0v) is 36.7. The van der Waals surface area contributed by atoms with Crippen molar-refractivity contribution in [1.82, 2.24) is 9.97 Å². The lowest BCUT2D eigenvalue weighted by atomic mass is 9.92. The van der Waals surface area contributed by atoms with E-state index in [4.69, 9.17) is 42.1 Å². The Hall–Kier alpha value is -6.63. The normalized spacial score (nSPS) is 11.3. The van der Waals surface area contributed by atoms with Crippen LogP contribution in [0.5, 0.6) is 23.0 Å². The van der Waals surface area contributed by atoms with E-state index in [1.165, 1.54) is 12.4 Å². The molecule has 0 aliphatic heterocycles. The Labute approximate surface area is 377 Å². The molecule has 11 nitrogen and oxygen atoms in total. The number of carboxylic acid groups (broad SMARTS) is 1. The number of hydrogen-bond donors (Lipinski definition) is 2. The molecule has 0 aliphatic rings. The molecule has 1 atom stereocenters. The van der Waals surface area contributed by atoms with E-state index in [0.717, 1.165) is 50.1 Å². The Kier molecular flexibility index (Phi) is 16.0. The van der Waals surface area contributed by atoms with Crippen LogP contribution in [-0.4, -0.2) is 32.8 Å². The molecule has 0 spiro atoms. The third-order valence-electron chi connectivity index (χ3n) is 10.7. The van der Waals surface area contributed by atoms with Crippen molar-refractivity contribution in [3.8, 4) is 46.3 Å². The second-order valence-electron chi connectivity index (χ2n) is 15.0. The second-order valence-corrected chi connectivity index (χ2v) is 15.9. The van der Waals surface area contributed by atoms with Gasteiger partial charge in [0.15, 0.2) is 0 Å². The maximum atomic E-state index is 11.4. The second kappa shape index (κ2) is 21.9. The lowest BCUT2D eigenvalue weighted by molar-refractivity contribution is -0.138. The van der Waals surface area contributed by atoms with Crippen molar-refractivity contribution in [2.24, 2.45) is 5.92 Å². The number of aliphatic hydroxyl groups excluding tert-OH is 1. The van der Waals surface area contributed by atoms with Crippen molar-refractivity contribution in [2.45, 2.75) is 72.9 Å². The molecule has 0 fully saturated rings. The number of ether oxygens (including phenoxy) is 4. The summed E-state index contributed by atoms with van der Waals surface area (Å²) in [5.74, 6) is 0.590. The van der Waals surface area contributed by atoms with Crippen LogP contribution in [0.25, 0.3) is 11.1 Å². The number of rotatable bonds is 20. The van der Waals surface area contributed by atoms with Crippen molar-refractivity contribution >= 4 is 29.2 Å². The van der Waals surface area contributed by atoms with E-state index >= 15 is 0 Å². The summed E-state index contributed by atoms with van der Waals surface area (Å²) < 4.78 is 25.1. The highest BCUT2D eigenvalue weighted by molar-refractivity contribution is 6.32. The number of benzene rings is 4. The number of hydrogen-bond acceptors (Lipinski definition) is 10. The molecular formula is C50H46Cl2N4O7. The first kappa shape index (κ1) is 45.9. The number of pyridine rings is 2. The summed E-state index contributed by atoms with van der Waals surface area (Å²) in [6, 6.07) is 27.0. The van der Waals surface area contributed by atoms with E-state index in [2.05, 4.69) is 48.1 Å². The number of aliphatic hydroxyl groups is 1. The predicted molar refractivity (Wildman–Crippen MR) is 240 cm³/mol. The van der Waals surface area contributed by atoms with Crippen LogP contribution in [0.2, 0.25) is 10.0 Å². The number of halogens is 2. The van der Waals surface area contributed by atoms with Gasteiger partial charge in [0.25, 0.3) is 0 Å². The van der Waals surface area contributed by atoms with E-state index in [0.29, 0.717) is 69.0 Å². The molecule has 0 amide bonds. The molecule has 0 aliphatic carbocycles. The zero-order valence-electron chi connectivity index (χ0n) is 35.2. The van der Waals surface area contributed by atoms with Gasteiger partial charge in [0.1, 0.15) is 61.6 Å². The van der Waals surface area contributed by atoms with Crippen molar-refractivity contribution < 1.29 is 34.0 Å². The van der Waals surface area contributed by atoms with Gasteiger partial charge in [-0.05, 0) is 108 Å². The Bertz CT molecular complexity index is 2680. The number of carboxylic acids is 1. The molecule has 2 aromatic heterocycles. The Morgan fingerprint density at radius 2 is 1.14 bits per heavy atom. The van der Waals surface area contributed by atoms with Crippen LogP contribution in [0, 0.1) is 42.4 Å². The smallest absolute Gasteiger partial charge is 0.303 e. The molecule has 0 bridgehead atoms. The van der Waals surface area contributed by atoms with Crippen LogP contribution < -0.4 is 18.9 Å². The number of aromatic nitrogens is 2. The lowest BCUT2D eigenvalue weighted by Crippen LogP contribution is -2.13. The average molecular weight is 886 g/mol. The van der Waals surface area contributed by atoms with E-state index in [1.807, 2.05) is 43.3 Å². The molecule has 4 aromatic carbocycles. The van der Waals surface area contributed by atoms with E-state index in [1.54, 1.807) is 36.7 Å². The summed E-state index contributed by atoms with van der Waals surface area (Å²) in [5, 5.41) is 38.5. The maximum Gasteiger partial charge on any atom is 0.303 e. The molecule has 2 heterocycles. The molecule has 0 unspecified atom stereocenters. The van der Waals surface area contributed by atoms with Gasteiger partial charge >= 0.3 is 5.97 Å². The van der Waals surface area contributed by atoms with Gasteiger partial charge in [0, 0.05) is 54.7 Å². The Morgan fingerprint density at radius 3 is 1.60 bits per heavy atom. The fourth-order valence-corrected chi connectivity index (χ4v) is 7.61. The minimum absolute atomic E-state index is 0.117. The first-order valence-electron chi connectivity index (χ1n) is 20.3. The van der Waals surface area contributed by atoms with Gasteiger partial charge in [-0.3, -0.25) is 14.8 Å². The molecule has 63 heavy (non-hydrogen) atoms. The fourth-order valence-electron chi connectivity index (χ4n) is 7.13. The molecule has 2 N–H and O–H groups in total. The molecule has 322 valence electrons. The number of nitrogens with zero attached hydrogens (tertiary/aromatic N) is 4. The fraction of sp³-hybridized carbons (Fsp3) is 0.260. The van der Waals surface area contributed by atoms with Crippen molar-refractivity contribution in [2.75, 3.05) is 6.61 Å². The van der Waals surface area contributed by atoms with Crippen LogP contribution >= 0.6 is 23.2 Å². The number of nitriles is 2. The molecule has 13 heteroatoms. The SMILES string of the molecule is CCc1cc(Cl)c(OCc2cccc(-c3cccc(COc4cc(OCc5cncc(C#N)c5)c(CC[C@H](CO)CC(=O)O)cc4Cl)c3C)c2C)cc1OCc1cncc(C#N)c1. The van der Waals surface area contributed by atoms with Crippen molar-refractivity contribution in [3.63, 3.8) is 0 Å². The predicted octanol–water partition coefficient (Wildman–Crippen LogP) is 10.7. The van der Waals surface area contributed by atoms with Crippen LogP contribution in [-0.2, 0) is 44.1 Å². The van der Waals surface area contributed by atoms with Gasteiger partial charge < -0.3 is 29.2 Å². The minimum atomic E-state index is -0.982. The summed E-state index contributed by atoms with van der Waals surface area (Å²) in [6.45, 7) is 6.70. The van der Waals surface area contributed by atoms with Crippen LogP contribution in [0.3, 0.4) is 0 Å². The highest BCUT2D eigenvalue weighted by Gasteiger charge is 2.19. The monoisotopic (exact) mass is 884 g/mol. The topological polar surface area (TPSA) is 168 Å². The Morgan fingerprint density at radius 1 is 0.667 bits per heavy atom. The van der Waals surface area contributed by atoms with Gasteiger partial charge in [-0.1, -0.05) is 66.5 Å². The minimum Gasteiger partial charge on any atom is -0.488 e. The van der Waals surface area contributed by atoms with Gasteiger partial charge in [-0.25, -0.2) is 0 Å². The standard InChI is InChI=1S/C50H46Cl2N4O7/c1-4-38-16-44(51)48(18-46(38)60-27-36-13-34(20-53)22-55-24-36)62-29-40-7-5-9-42(31(40)2)43-10-6-8-41(32(43)3)30-63-49-19-47(61-28-37-14-35(21-54)23-56-25-37)39(17-45(49)52)12-11-33(26-57)15-50(58)59/h5-10,13-14,16-19,22-25,33,57H,4,11-12,15,26-30H2,1-3H3,(H,58,59)/t33-/m0/s1. The summed E-state index contributed by atoms with van der Waals surface area (Å²) in [5.41, 5.74) is 10.1. The van der Waals surface area contributed by atoms with Crippen molar-refractivity contribution in [3.05, 3.63) is 163 Å². The highest BCUT2D eigenvalue weighted by atomic mass is 35.5. The third-order valence-corrected chi connectivity index (χ3v) is 11.3. The summed E-state index contributed by atoms with van der Waals surface area (Å²) in [7, 11) is 0. The quantitative estimate of drug-likeness (QED) is 0.0748. The molecule has 0 saturated heterocycles. The summed E-state index contributed by atoms with van der Waals surface area (Å²) in [4.78, 5) is 19.6. The van der Waals surface area contributed by atoms with E-state index < -0.39 is 11.9 Å². The van der Waals surface area contributed by atoms with Gasteiger partial charge in [0.05, 0.1) is 27.6 Å². The van der Waals surface area contributed by atoms with Crippen LogP contribution in [0.15, 0.2) is 97.6 Å². The van der Waals surface area contributed by atoms with Gasteiger partial charge in [-0.2, -0.15) is 10.5 Å². The number of aryl methyl sites for hydroxylation is 2. The van der Waals surface area contributed by atoms with E-state index in [-0.39, 0.29) is 39.5 Å². The maximum absolute atomic E-state index is 11.4. The largest absolute Gasteiger partial charge is 0.488 e.